The lowest BCUT2D eigenvalue weighted by Crippen LogP contribution is -2.13. The van der Waals surface area contributed by atoms with Crippen molar-refractivity contribution in [3.8, 4) is 5.75 Å². The van der Waals surface area contributed by atoms with E-state index >= 15 is 0 Å². The fraction of sp³-hybridized carbons (Fsp3) is 0.294. The summed E-state index contributed by atoms with van der Waals surface area (Å²) in [6.07, 6.45) is 1.15. The van der Waals surface area contributed by atoms with E-state index in [1.54, 1.807) is 0 Å². The zero-order valence-electron chi connectivity index (χ0n) is 12.0. The van der Waals surface area contributed by atoms with Gasteiger partial charge in [0, 0.05) is 21.6 Å². The van der Waals surface area contributed by atoms with Crippen LogP contribution in [0.1, 0.15) is 24.5 Å². The predicted molar refractivity (Wildman–Crippen MR) is 91.9 cm³/mol. The van der Waals surface area contributed by atoms with E-state index in [2.05, 4.69) is 46.4 Å². The van der Waals surface area contributed by atoms with Gasteiger partial charge in [0.25, 0.3) is 0 Å². The van der Waals surface area contributed by atoms with Crippen LogP contribution in [0.5, 0.6) is 5.75 Å². The van der Waals surface area contributed by atoms with Crippen molar-refractivity contribution < 1.29 is 4.74 Å². The second kappa shape index (κ2) is 8.42. The molecular weight excluding hydrogens is 350 g/mol. The number of hydrogen-bond donors (Lipinski definition) is 1. The van der Waals surface area contributed by atoms with Crippen molar-refractivity contribution in [2.75, 3.05) is 6.54 Å². The average molecular weight is 369 g/mol. The lowest BCUT2D eigenvalue weighted by molar-refractivity contribution is 0.305. The Balaban J connectivity index is 1.92. The number of ether oxygens (including phenoxy) is 1. The van der Waals surface area contributed by atoms with Crippen LogP contribution in [0.25, 0.3) is 0 Å². The van der Waals surface area contributed by atoms with E-state index in [9.17, 15) is 0 Å². The van der Waals surface area contributed by atoms with Gasteiger partial charge >= 0.3 is 0 Å². The van der Waals surface area contributed by atoms with Crippen LogP contribution in [0.15, 0.2) is 46.9 Å². The molecule has 0 spiro atoms. The lowest BCUT2D eigenvalue weighted by Gasteiger charge is -2.10. The Morgan fingerprint density at radius 3 is 2.57 bits per heavy atom. The van der Waals surface area contributed by atoms with E-state index in [1.165, 1.54) is 5.56 Å². The third kappa shape index (κ3) is 5.34. The van der Waals surface area contributed by atoms with E-state index in [1.807, 2.05) is 24.3 Å². The van der Waals surface area contributed by atoms with Gasteiger partial charge in [-0.3, -0.25) is 0 Å². The molecule has 2 aromatic rings. The van der Waals surface area contributed by atoms with Gasteiger partial charge in [0.2, 0.25) is 0 Å². The number of benzene rings is 2. The van der Waals surface area contributed by atoms with Crippen molar-refractivity contribution in [2.45, 2.75) is 26.5 Å². The molecule has 0 radical (unpaired) electrons. The smallest absolute Gasteiger partial charge is 0.119 e. The third-order valence-corrected chi connectivity index (χ3v) is 4.07. The molecule has 0 aliphatic heterocycles. The Bertz CT molecular complexity index is 572. The highest BCUT2D eigenvalue weighted by molar-refractivity contribution is 9.10. The number of nitrogens with one attached hydrogen (secondary N) is 1. The summed E-state index contributed by atoms with van der Waals surface area (Å²) in [6, 6.07) is 13.8. The predicted octanol–water partition coefficient (Wildman–Crippen LogP) is 5.18. The minimum absolute atomic E-state index is 0.533. The molecule has 0 aromatic heterocycles. The van der Waals surface area contributed by atoms with Gasteiger partial charge in [-0.05, 0) is 48.9 Å². The Kier molecular flexibility index (Phi) is 6.55. The summed E-state index contributed by atoms with van der Waals surface area (Å²) in [5.74, 6) is 0.819. The molecule has 0 heterocycles. The molecule has 4 heteroatoms. The van der Waals surface area contributed by atoms with Gasteiger partial charge in [0.15, 0.2) is 0 Å². The summed E-state index contributed by atoms with van der Waals surface area (Å²) in [5.41, 5.74) is 2.40. The molecule has 1 N–H and O–H groups in total. The Labute approximate surface area is 139 Å². The second-order valence-corrected chi connectivity index (χ2v) is 6.14. The first kappa shape index (κ1) is 16.3. The van der Waals surface area contributed by atoms with Gasteiger partial charge in [-0.1, -0.05) is 46.6 Å². The summed E-state index contributed by atoms with van der Waals surface area (Å²) < 4.78 is 6.84. The first-order valence-corrected chi connectivity index (χ1v) is 8.22. The molecule has 0 bridgehead atoms. The van der Waals surface area contributed by atoms with Gasteiger partial charge in [-0.2, -0.15) is 0 Å². The van der Waals surface area contributed by atoms with E-state index in [4.69, 9.17) is 16.3 Å². The summed E-state index contributed by atoms with van der Waals surface area (Å²) in [4.78, 5) is 0. The molecule has 21 heavy (non-hydrogen) atoms. The second-order valence-electron chi connectivity index (χ2n) is 4.85. The summed E-state index contributed by atoms with van der Waals surface area (Å²) in [5, 5.41) is 4.11. The molecule has 112 valence electrons. The highest BCUT2D eigenvalue weighted by Gasteiger charge is 2.03. The van der Waals surface area contributed by atoms with Crippen LogP contribution in [0, 0.1) is 0 Å². The van der Waals surface area contributed by atoms with E-state index in [0.717, 1.165) is 35.3 Å². The minimum Gasteiger partial charge on any atom is -0.489 e. The molecule has 0 saturated carbocycles. The maximum absolute atomic E-state index is 5.85. The van der Waals surface area contributed by atoms with Crippen LogP contribution in [-0.4, -0.2) is 6.54 Å². The van der Waals surface area contributed by atoms with Crippen molar-refractivity contribution in [3.63, 3.8) is 0 Å². The number of halogens is 2. The van der Waals surface area contributed by atoms with Crippen molar-refractivity contribution >= 4 is 27.5 Å². The van der Waals surface area contributed by atoms with Crippen LogP contribution >= 0.6 is 27.5 Å². The molecule has 0 fully saturated rings. The Morgan fingerprint density at radius 2 is 1.90 bits per heavy atom. The largest absolute Gasteiger partial charge is 0.489 e. The van der Waals surface area contributed by atoms with Gasteiger partial charge in [0.1, 0.15) is 12.4 Å². The molecule has 2 rings (SSSR count). The van der Waals surface area contributed by atoms with Crippen molar-refractivity contribution in [1.29, 1.82) is 0 Å². The molecule has 0 aliphatic carbocycles. The summed E-state index contributed by atoms with van der Waals surface area (Å²) in [6.45, 7) is 4.63. The topological polar surface area (TPSA) is 21.3 Å². The van der Waals surface area contributed by atoms with Gasteiger partial charge in [-0.25, -0.2) is 0 Å². The van der Waals surface area contributed by atoms with Gasteiger partial charge in [-0.15, -0.1) is 0 Å². The molecule has 0 saturated heterocycles. The number of rotatable bonds is 7. The van der Waals surface area contributed by atoms with E-state index < -0.39 is 0 Å². The number of hydrogen-bond acceptors (Lipinski definition) is 2. The first-order chi connectivity index (χ1) is 10.2. The van der Waals surface area contributed by atoms with Crippen LogP contribution in [0.3, 0.4) is 0 Å². The third-order valence-electron chi connectivity index (χ3n) is 3.08. The molecule has 0 atom stereocenters. The summed E-state index contributed by atoms with van der Waals surface area (Å²) >= 11 is 9.47. The highest BCUT2D eigenvalue weighted by atomic mass is 79.9. The van der Waals surface area contributed by atoms with Crippen molar-refractivity contribution in [3.05, 3.63) is 63.1 Å². The average Bonchev–Trinajstić information content (AvgIpc) is 2.48. The standard InChI is InChI=1S/C17H19BrClNO/c1-2-9-20-11-13-3-4-14(17(18)10-13)12-21-16-7-5-15(19)6-8-16/h3-8,10,20H,2,9,11-12H2,1H3. The SMILES string of the molecule is CCCNCc1ccc(COc2ccc(Cl)cc2)c(Br)c1. The first-order valence-electron chi connectivity index (χ1n) is 7.05. The molecule has 0 unspecified atom stereocenters. The molecule has 0 aliphatic rings. The monoisotopic (exact) mass is 367 g/mol. The maximum atomic E-state index is 5.85. The zero-order chi connectivity index (χ0) is 15.1. The molecule has 0 amide bonds. The summed E-state index contributed by atoms with van der Waals surface area (Å²) in [7, 11) is 0. The van der Waals surface area contributed by atoms with Crippen LogP contribution < -0.4 is 10.1 Å². The van der Waals surface area contributed by atoms with E-state index in [-0.39, 0.29) is 0 Å². The zero-order valence-corrected chi connectivity index (χ0v) is 14.4. The van der Waals surface area contributed by atoms with Crippen LogP contribution in [0.4, 0.5) is 0 Å². The lowest BCUT2D eigenvalue weighted by atomic mass is 10.1. The Morgan fingerprint density at radius 1 is 1.14 bits per heavy atom. The fourth-order valence-corrected chi connectivity index (χ4v) is 2.59. The highest BCUT2D eigenvalue weighted by Crippen LogP contribution is 2.22. The van der Waals surface area contributed by atoms with Crippen LogP contribution in [-0.2, 0) is 13.2 Å². The quantitative estimate of drug-likeness (QED) is 0.680. The fourth-order valence-electron chi connectivity index (χ4n) is 1.92. The molecular formula is C17H19BrClNO. The van der Waals surface area contributed by atoms with Gasteiger partial charge < -0.3 is 10.1 Å². The molecule has 2 aromatic carbocycles. The Hall–Kier alpha value is -1.03. The van der Waals surface area contributed by atoms with Crippen LogP contribution in [0.2, 0.25) is 5.02 Å². The van der Waals surface area contributed by atoms with Crippen molar-refractivity contribution in [2.24, 2.45) is 0 Å². The normalized spacial score (nSPS) is 10.6. The van der Waals surface area contributed by atoms with Crippen molar-refractivity contribution in [1.82, 2.24) is 5.32 Å². The maximum Gasteiger partial charge on any atom is 0.119 e. The van der Waals surface area contributed by atoms with E-state index in [0.29, 0.717) is 11.6 Å². The minimum atomic E-state index is 0.533. The molecule has 2 nitrogen and oxygen atoms in total. The van der Waals surface area contributed by atoms with Gasteiger partial charge in [0.05, 0.1) is 0 Å².